The van der Waals surface area contributed by atoms with Gasteiger partial charge in [-0.1, -0.05) is 12.1 Å². The van der Waals surface area contributed by atoms with Crippen molar-refractivity contribution in [2.24, 2.45) is 5.92 Å². The van der Waals surface area contributed by atoms with E-state index in [2.05, 4.69) is 15.9 Å². The third-order valence-electron chi connectivity index (χ3n) is 4.18. The smallest absolute Gasteiger partial charge is 0.308 e. The molecule has 2 heterocycles. The number of hydrogen-bond acceptors (Lipinski definition) is 3. The predicted molar refractivity (Wildman–Crippen MR) is 75.7 cm³/mol. The number of aliphatic carboxylic acids is 1. The molecule has 108 valence electrons. The minimum atomic E-state index is -3.65. The first-order valence-electron chi connectivity index (χ1n) is 6.44. The van der Waals surface area contributed by atoms with Gasteiger partial charge >= 0.3 is 5.97 Å². The van der Waals surface area contributed by atoms with Gasteiger partial charge in [0.2, 0.25) is 10.0 Å². The van der Waals surface area contributed by atoms with Gasteiger partial charge in [-0.05, 0) is 47.3 Å². The molecule has 2 bridgehead atoms. The average molecular weight is 360 g/mol. The molecule has 3 atom stereocenters. The summed E-state index contributed by atoms with van der Waals surface area (Å²) in [7, 11) is -3.65. The minimum absolute atomic E-state index is 0.182. The van der Waals surface area contributed by atoms with Crippen molar-refractivity contribution < 1.29 is 18.3 Å². The molecule has 2 aliphatic heterocycles. The van der Waals surface area contributed by atoms with Crippen LogP contribution in [0.25, 0.3) is 0 Å². The molecule has 1 N–H and O–H groups in total. The van der Waals surface area contributed by atoms with Crippen LogP contribution in [-0.2, 0) is 14.8 Å². The van der Waals surface area contributed by atoms with Crippen LogP contribution < -0.4 is 0 Å². The first-order chi connectivity index (χ1) is 9.43. The van der Waals surface area contributed by atoms with Crippen molar-refractivity contribution in [3.8, 4) is 0 Å². The topological polar surface area (TPSA) is 74.7 Å². The second kappa shape index (κ2) is 4.82. The molecule has 0 spiro atoms. The van der Waals surface area contributed by atoms with E-state index in [0.717, 1.165) is 6.42 Å². The summed E-state index contributed by atoms with van der Waals surface area (Å²) >= 11 is 3.26. The largest absolute Gasteiger partial charge is 0.481 e. The van der Waals surface area contributed by atoms with Crippen molar-refractivity contribution in [3.63, 3.8) is 0 Å². The lowest BCUT2D eigenvalue weighted by molar-refractivity contribution is -0.142. The Morgan fingerprint density at radius 2 is 2.00 bits per heavy atom. The molecule has 5 nitrogen and oxygen atoms in total. The number of benzene rings is 1. The first-order valence-corrected chi connectivity index (χ1v) is 8.67. The Kier molecular flexibility index (Phi) is 3.38. The van der Waals surface area contributed by atoms with Crippen molar-refractivity contribution in [1.82, 2.24) is 4.31 Å². The lowest BCUT2D eigenvalue weighted by atomic mass is 9.89. The summed E-state index contributed by atoms with van der Waals surface area (Å²) in [6.07, 6.45) is 1.80. The van der Waals surface area contributed by atoms with E-state index < -0.39 is 28.0 Å². The Hall–Kier alpha value is -0.920. The third kappa shape index (κ3) is 1.99. The van der Waals surface area contributed by atoms with Gasteiger partial charge in [-0.25, -0.2) is 8.42 Å². The fraction of sp³-hybridized carbons (Fsp3) is 0.462. The van der Waals surface area contributed by atoms with Gasteiger partial charge in [-0.15, -0.1) is 0 Å². The number of sulfonamides is 1. The van der Waals surface area contributed by atoms with Gasteiger partial charge in [0.05, 0.1) is 10.8 Å². The second-order valence-corrected chi connectivity index (χ2v) is 7.91. The molecule has 0 aliphatic carbocycles. The maximum atomic E-state index is 12.8. The number of halogens is 1. The summed E-state index contributed by atoms with van der Waals surface area (Å²) in [5.41, 5.74) is 0. The summed E-state index contributed by atoms with van der Waals surface area (Å²) in [5.74, 6) is -1.48. The van der Waals surface area contributed by atoms with E-state index >= 15 is 0 Å². The van der Waals surface area contributed by atoms with Crippen LogP contribution in [0.5, 0.6) is 0 Å². The van der Waals surface area contributed by atoms with Gasteiger partial charge in [0.15, 0.2) is 0 Å². The molecule has 0 radical (unpaired) electrons. The van der Waals surface area contributed by atoms with E-state index in [1.54, 1.807) is 24.3 Å². The monoisotopic (exact) mass is 359 g/mol. The standard InChI is InChI=1S/C13H14BrNO4S/c14-10-3-1-2-4-12(10)20(18,19)15-8-5-6-11(15)9(7-8)13(16)17/h1-4,8-9,11H,5-7H2,(H,16,17). The van der Waals surface area contributed by atoms with Gasteiger partial charge < -0.3 is 5.11 Å². The van der Waals surface area contributed by atoms with Gasteiger partial charge in [-0.3, -0.25) is 4.79 Å². The Labute approximate surface area is 125 Å². The number of hydrogen-bond donors (Lipinski definition) is 1. The van der Waals surface area contributed by atoms with Crippen molar-refractivity contribution >= 4 is 31.9 Å². The molecule has 2 saturated heterocycles. The van der Waals surface area contributed by atoms with Gasteiger partial charge in [0, 0.05) is 16.6 Å². The SMILES string of the molecule is O=C(O)C1CC2CCC1N2S(=O)(=O)c1ccccc1Br. The number of carbonyl (C=O) groups is 1. The summed E-state index contributed by atoms with van der Waals surface area (Å²) in [4.78, 5) is 11.4. The van der Waals surface area contributed by atoms with Crippen LogP contribution in [0.4, 0.5) is 0 Å². The highest BCUT2D eigenvalue weighted by atomic mass is 79.9. The van der Waals surface area contributed by atoms with E-state index in [0.29, 0.717) is 17.3 Å². The molecule has 3 unspecified atom stereocenters. The number of nitrogens with zero attached hydrogens (tertiary/aromatic N) is 1. The maximum Gasteiger partial charge on any atom is 0.308 e. The number of fused-ring (bicyclic) bond motifs is 2. The molecule has 2 fully saturated rings. The fourth-order valence-corrected chi connectivity index (χ4v) is 6.23. The van der Waals surface area contributed by atoms with Crippen molar-refractivity contribution in [2.75, 3.05) is 0 Å². The Morgan fingerprint density at radius 3 is 2.60 bits per heavy atom. The quantitative estimate of drug-likeness (QED) is 0.896. The molecule has 2 aliphatic rings. The lowest BCUT2D eigenvalue weighted by Crippen LogP contribution is -2.37. The van der Waals surface area contributed by atoms with Crippen LogP contribution in [0, 0.1) is 5.92 Å². The van der Waals surface area contributed by atoms with Crippen LogP contribution in [-0.4, -0.2) is 35.9 Å². The second-order valence-electron chi connectivity index (χ2n) is 5.24. The van der Waals surface area contributed by atoms with E-state index in [1.807, 2.05) is 0 Å². The minimum Gasteiger partial charge on any atom is -0.481 e. The number of carboxylic acids is 1. The van der Waals surface area contributed by atoms with Crippen molar-refractivity contribution in [2.45, 2.75) is 36.2 Å². The normalized spacial score (nSPS) is 29.8. The molecule has 7 heteroatoms. The highest BCUT2D eigenvalue weighted by Crippen LogP contribution is 2.45. The molecular formula is C13H14BrNO4S. The van der Waals surface area contributed by atoms with Crippen molar-refractivity contribution in [3.05, 3.63) is 28.7 Å². The Balaban J connectivity index is 2.02. The Morgan fingerprint density at radius 1 is 1.30 bits per heavy atom. The zero-order valence-electron chi connectivity index (χ0n) is 10.6. The summed E-state index contributed by atoms with van der Waals surface area (Å²) in [6.45, 7) is 0. The molecule has 0 saturated carbocycles. The number of carboxylic acid groups (broad SMARTS) is 1. The van der Waals surface area contributed by atoms with Crippen LogP contribution in [0.1, 0.15) is 19.3 Å². The molecule has 1 aromatic carbocycles. The van der Waals surface area contributed by atoms with E-state index in [4.69, 9.17) is 0 Å². The van der Waals surface area contributed by atoms with Crippen molar-refractivity contribution in [1.29, 1.82) is 0 Å². The molecule has 0 aromatic heterocycles. The van der Waals surface area contributed by atoms with Crippen LogP contribution in [0.3, 0.4) is 0 Å². The van der Waals surface area contributed by atoms with E-state index in [-0.39, 0.29) is 10.9 Å². The summed E-state index contributed by atoms with van der Waals surface area (Å²) in [5, 5.41) is 9.21. The third-order valence-corrected chi connectivity index (χ3v) is 7.17. The molecule has 0 amide bonds. The molecular weight excluding hydrogens is 346 g/mol. The fourth-order valence-electron chi connectivity index (χ4n) is 3.35. The molecule has 1 aromatic rings. The van der Waals surface area contributed by atoms with Crippen LogP contribution in [0.2, 0.25) is 0 Å². The van der Waals surface area contributed by atoms with Gasteiger partial charge in [0.25, 0.3) is 0 Å². The lowest BCUT2D eigenvalue weighted by Gasteiger charge is -2.23. The predicted octanol–water partition coefficient (Wildman–Crippen LogP) is 2.08. The van der Waals surface area contributed by atoms with Crippen LogP contribution >= 0.6 is 15.9 Å². The van der Waals surface area contributed by atoms with E-state index in [9.17, 15) is 18.3 Å². The average Bonchev–Trinajstić information content (AvgIpc) is 2.97. The highest BCUT2D eigenvalue weighted by molar-refractivity contribution is 9.10. The molecule has 20 heavy (non-hydrogen) atoms. The van der Waals surface area contributed by atoms with E-state index in [1.165, 1.54) is 4.31 Å². The van der Waals surface area contributed by atoms with Gasteiger partial charge in [-0.2, -0.15) is 4.31 Å². The molecule has 3 rings (SSSR count). The highest BCUT2D eigenvalue weighted by Gasteiger charge is 2.54. The first kappa shape index (κ1) is 14.0. The maximum absolute atomic E-state index is 12.8. The summed E-state index contributed by atoms with van der Waals surface area (Å²) < 4.78 is 27.5. The zero-order chi connectivity index (χ0) is 14.5. The van der Waals surface area contributed by atoms with Gasteiger partial charge in [0.1, 0.15) is 0 Å². The summed E-state index contributed by atoms with van der Waals surface area (Å²) in [6, 6.07) is 6.06. The zero-order valence-corrected chi connectivity index (χ0v) is 13.0. The Bertz CT molecular complexity index is 660. The van der Waals surface area contributed by atoms with Crippen LogP contribution in [0.15, 0.2) is 33.6 Å². The number of rotatable bonds is 3.